The Morgan fingerprint density at radius 1 is 1.15 bits per heavy atom. The van der Waals surface area contributed by atoms with Gasteiger partial charge in [-0.15, -0.1) is 0 Å². The minimum Gasteiger partial charge on any atom is -0.439 e. The molecule has 0 spiro atoms. The van der Waals surface area contributed by atoms with Crippen LogP contribution in [0.1, 0.15) is 22.6 Å². The lowest BCUT2D eigenvalue weighted by molar-refractivity contribution is 0.396. The zero-order valence-electron chi connectivity index (χ0n) is 14.5. The first kappa shape index (κ1) is 16.0. The molecular formula is C21H17N3O2. The molecule has 1 aromatic heterocycles. The number of para-hydroxylation sites is 1. The fourth-order valence-electron chi connectivity index (χ4n) is 3.65. The number of allylic oxidation sites excluding steroid dienone is 1. The number of benzene rings is 2. The van der Waals surface area contributed by atoms with Gasteiger partial charge in [-0.1, -0.05) is 36.4 Å². The summed E-state index contributed by atoms with van der Waals surface area (Å²) in [4.78, 5) is 13.2. The third-order valence-electron chi connectivity index (χ3n) is 4.96. The van der Waals surface area contributed by atoms with E-state index in [1.165, 1.54) is 0 Å². The normalized spacial score (nSPS) is 16.1. The first-order chi connectivity index (χ1) is 12.5. The van der Waals surface area contributed by atoms with Crippen molar-refractivity contribution in [1.29, 1.82) is 5.26 Å². The van der Waals surface area contributed by atoms with Gasteiger partial charge in [0, 0.05) is 12.4 Å². The lowest BCUT2D eigenvalue weighted by Gasteiger charge is -2.28. The summed E-state index contributed by atoms with van der Waals surface area (Å²) in [5.41, 5.74) is 9.24. The number of nitrogens with zero attached hydrogens (tertiary/aromatic N) is 2. The van der Waals surface area contributed by atoms with E-state index < -0.39 is 5.92 Å². The third kappa shape index (κ3) is 2.12. The average Bonchev–Trinajstić information content (AvgIpc) is 2.65. The van der Waals surface area contributed by atoms with E-state index in [2.05, 4.69) is 6.07 Å². The van der Waals surface area contributed by atoms with Crippen molar-refractivity contribution < 1.29 is 4.74 Å². The van der Waals surface area contributed by atoms with Crippen LogP contribution in [0, 0.1) is 18.3 Å². The molecule has 5 nitrogen and oxygen atoms in total. The predicted molar refractivity (Wildman–Crippen MR) is 99.7 cm³/mol. The van der Waals surface area contributed by atoms with Gasteiger partial charge < -0.3 is 15.0 Å². The van der Waals surface area contributed by atoms with E-state index >= 15 is 0 Å². The molecule has 3 aromatic rings. The maximum atomic E-state index is 13.2. The third-order valence-corrected chi connectivity index (χ3v) is 4.96. The average molecular weight is 343 g/mol. The highest BCUT2D eigenvalue weighted by Crippen LogP contribution is 2.43. The van der Waals surface area contributed by atoms with Gasteiger partial charge >= 0.3 is 0 Å². The Kier molecular flexibility index (Phi) is 3.55. The number of fused-ring (bicyclic) bond motifs is 3. The molecule has 5 heteroatoms. The molecule has 0 amide bonds. The van der Waals surface area contributed by atoms with Crippen molar-refractivity contribution in [1.82, 2.24) is 4.57 Å². The molecule has 2 heterocycles. The maximum absolute atomic E-state index is 13.2. The first-order valence-electron chi connectivity index (χ1n) is 8.29. The lowest BCUT2D eigenvalue weighted by atomic mass is 9.81. The summed E-state index contributed by atoms with van der Waals surface area (Å²) in [6.07, 6.45) is 0. The van der Waals surface area contributed by atoms with Gasteiger partial charge in [-0.25, -0.2) is 0 Å². The molecule has 0 saturated heterocycles. The molecule has 1 aliphatic rings. The topological polar surface area (TPSA) is 81.0 Å². The molecule has 0 bridgehead atoms. The van der Waals surface area contributed by atoms with Crippen molar-refractivity contribution in [2.75, 3.05) is 0 Å². The Morgan fingerprint density at radius 2 is 1.85 bits per heavy atom. The quantitative estimate of drug-likeness (QED) is 0.736. The van der Waals surface area contributed by atoms with Gasteiger partial charge in [0.05, 0.1) is 17.0 Å². The number of aromatic nitrogens is 1. The van der Waals surface area contributed by atoms with Crippen LogP contribution in [0.25, 0.3) is 10.9 Å². The first-order valence-corrected chi connectivity index (χ1v) is 8.29. The van der Waals surface area contributed by atoms with Crippen molar-refractivity contribution >= 4 is 10.9 Å². The Labute approximate surface area is 150 Å². The molecule has 128 valence electrons. The Bertz CT molecular complexity index is 1180. The van der Waals surface area contributed by atoms with Crippen LogP contribution in [-0.2, 0) is 7.05 Å². The van der Waals surface area contributed by atoms with E-state index in [1.807, 2.05) is 55.5 Å². The van der Waals surface area contributed by atoms with E-state index in [-0.39, 0.29) is 17.0 Å². The second kappa shape index (κ2) is 5.78. The minimum absolute atomic E-state index is 0.0478. The molecule has 0 unspecified atom stereocenters. The Morgan fingerprint density at radius 3 is 2.58 bits per heavy atom. The number of rotatable bonds is 1. The monoisotopic (exact) mass is 343 g/mol. The molecule has 0 aliphatic carbocycles. The summed E-state index contributed by atoms with van der Waals surface area (Å²) in [6, 6.07) is 17.4. The van der Waals surface area contributed by atoms with Gasteiger partial charge in [-0.05, 0) is 30.2 Å². The summed E-state index contributed by atoms with van der Waals surface area (Å²) < 4.78 is 7.39. The van der Waals surface area contributed by atoms with E-state index in [9.17, 15) is 10.1 Å². The summed E-state index contributed by atoms with van der Waals surface area (Å²) in [6.45, 7) is 1.96. The Balaban J connectivity index is 2.16. The van der Waals surface area contributed by atoms with Crippen molar-refractivity contribution in [3.05, 3.63) is 87.0 Å². The lowest BCUT2D eigenvalue weighted by Crippen LogP contribution is -2.31. The van der Waals surface area contributed by atoms with Crippen LogP contribution in [0.4, 0.5) is 0 Å². The number of pyridine rings is 1. The highest BCUT2D eigenvalue weighted by atomic mass is 16.5. The van der Waals surface area contributed by atoms with Gasteiger partial charge in [-0.3, -0.25) is 4.79 Å². The largest absolute Gasteiger partial charge is 0.439 e. The van der Waals surface area contributed by atoms with Crippen LogP contribution in [-0.4, -0.2) is 4.57 Å². The number of nitriles is 1. The van der Waals surface area contributed by atoms with Crippen molar-refractivity contribution in [3.63, 3.8) is 0 Å². The molecule has 0 saturated carbocycles. The molecule has 0 fully saturated rings. The van der Waals surface area contributed by atoms with Crippen molar-refractivity contribution in [2.45, 2.75) is 12.8 Å². The number of hydrogen-bond acceptors (Lipinski definition) is 4. The second-order valence-electron chi connectivity index (χ2n) is 6.41. The van der Waals surface area contributed by atoms with Crippen molar-refractivity contribution in [3.8, 4) is 11.8 Å². The number of ether oxygens (including phenoxy) is 1. The van der Waals surface area contributed by atoms with Crippen LogP contribution >= 0.6 is 0 Å². The van der Waals surface area contributed by atoms with Crippen LogP contribution in [0.15, 0.2) is 64.8 Å². The highest BCUT2D eigenvalue weighted by Gasteiger charge is 2.35. The van der Waals surface area contributed by atoms with Crippen LogP contribution in [0.2, 0.25) is 0 Å². The van der Waals surface area contributed by atoms with Crippen LogP contribution in [0.5, 0.6) is 5.75 Å². The smallest absolute Gasteiger partial charge is 0.258 e. The van der Waals surface area contributed by atoms with Gasteiger partial charge in [0.2, 0.25) is 5.88 Å². The predicted octanol–water partition coefficient (Wildman–Crippen LogP) is 3.07. The van der Waals surface area contributed by atoms with E-state index in [0.29, 0.717) is 11.3 Å². The number of hydrogen-bond donors (Lipinski definition) is 1. The van der Waals surface area contributed by atoms with E-state index in [1.54, 1.807) is 11.6 Å². The molecule has 2 N–H and O–H groups in total. The molecule has 1 aliphatic heterocycles. The second-order valence-corrected chi connectivity index (χ2v) is 6.41. The fraction of sp³-hybridized carbons (Fsp3) is 0.143. The van der Waals surface area contributed by atoms with Gasteiger partial charge in [0.15, 0.2) is 0 Å². The SMILES string of the molecule is Cc1ccccc1[C@@H]1C(C#N)=C(N)Oc2c1c(=O)n(C)c1ccccc21. The Hall–Kier alpha value is -3.52. The van der Waals surface area contributed by atoms with Gasteiger partial charge in [-0.2, -0.15) is 5.26 Å². The maximum Gasteiger partial charge on any atom is 0.258 e. The standard InChI is InChI=1S/C21H17N3O2/c1-12-7-3-4-8-13(12)17-15(11-22)20(23)26-19-14-9-5-6-10-16(14)24(2)21(25)18(17)19/h3-10,17H,23H2,1-2H3/t17-/m1/s1. The van der Waals surface area contributed by atoms with Crippen molar-refractivity contribution in [2.24, 2.45) is 12.8 Å². The number of nitrogens with two attached hydrogens (primary N) is 1. The zero-order valence-corrected chi connectivity index (χ0v) is 14.5. The van der Waals surface area contributed by atoms with Gasteiger partial charge in [0.1, 0.15) is 17.4 Å². The summed E-state index contributed by atoms with van der Waals surface area (Å²) in [5.74, 6) is -0.0617. The molecule has 0 radical (unpaired) electrons. The zero-order chi connectivity index (χ0) is 18.4. The fourth-order valence-corrected chi connectivity index (χ4v) is 3.65. The molecular weight excluding hydrogens is 326 g/mol. The summed E-state index contributed by atoms with van der Waals surface area (Å²) in [5, 5.41) is 10.5. The number of aryl methyl sites for hydroxylation is 2. The molecule has 26 heavy (non-hydrogen) atoms. The van der Waals surface area contributed by atoms with E-state index in [0.717, 1.165) is 22.0 Å². The minimum atomic E-state index is -0.548. The van der Waals surface area contributed by atoms with Crippen LogP contribution in [0.3, 0.4) is 0 Å². The van der Waals surface area contributed by atoms with Crippen LogP contribution < -0.4 is 16.0 Å². The molecule has 2 aromatic carbocycles. The highest BCUT2D eigenvalue weighted by molar-refractivity contribution is 5.88. The summed E-state index contributed by atoms with van der Waals surface area (Å²) >= 11 is 0. The molecule has 4 rings (SSSR count). The molecule has 1 atom stereocenters. The van der Waals surface area contributed by atoms with Gasteiger partial charge in [0.25, 0.3) is 5.56 Å². The summed E-state index contributed by atoms with van der Waals surface area (Å²) in [7, 11) is 1.73. The van der Waals surface area contributed by atoms with E-state index in [4.69, 9.17) is 10.5 Å².